The summed E-state index contributed by atoms with van der Waals surface area (Å²) in [6.07, 6.45) is 1.64. The molecule has 0 aromatic carbocycles. The second-order valence-electron chi connectivity index (χ2n) is 3.27. The maximum atomic E-state index is 5.29. The minimum Gasteiger partial charge on any atom is -0.459 e. The molecule has 0 saturated heterocycles. The standard InChI is InChI=1S/C10H17N5O/c1-5-7-16-10-13-8(11-6-2)12-9(14-10)15(3)4/h5H,1,6-7H2,2-4H3,(H,11,12,13,14). The first-order valence-electron chi connectivity index (χ1n) is 5.08. The summed E-state index contributed by atoms with van der Waals surface area (Å²) in [5, 5.41) is 3.02. The van der Waals surface area contributed by atoms with Crippen LogP contribution in [-0.4, -0.2) is 42.2 Å². The van der Waals surface area contributed by atoms with Crippen LogP contribution in [-0.2, 0) is 0 Å². The van der Waals surface area contributed by atoms with Crippen molar-refractivity contribution in [2.45, 2.75) is 6.92 Å². The van der Waals surface area contributed by atoms with E-state index in [1.165, 1.54) is 0 Å². The highest BCUT2D eigenvalue weighted by Gasteiger charge is 2.07. The minimum atomic E-state index is 0.301. The van der Waals surface area contributed by atoms with E-state index in [-0.39, 0.29) is 0 Å². The van der Waals surface area contributed by atoms with E-state index in [2.05, 4.69) is 26.8 Å². The van der Waals surface area contributed by atoms with Gasteiger partial charge in [0.2, 0.25) is 11.9 Å². The molecule has 0 aliphatic rings. The van der Waals surface area contributed by atoms with Gasteiger partial charge in [-0.05, 0) is 6.92 Å². The van der Waals surface area contributed by atoms with Crippen molar-refractivity contribution in [1.29, 1.82) is 0 Å². The molecule has 88 valence electrons. The second-order valence-corrected chi connectivity index (χ2v) is 3.27. The number of rotatable bonds is 6. The van der Waals surface area contributed by atoms with Crippen LogP contribution in [0.3, 0.4) is 0 Å². The number of ether oxygens (including phenoxy) is 1. The van der Waals surface area contributed by atoms with Gasteiger partial charge in [0.05, 0.1) is 0 Å². The zero-order valence-electron chi connectivity index (χ0n) is 9.90. The molecule has 1 aromatic rings. The fourth-order valence-corrected chi connectivity index (χ4v) is 0.981. The van der Waals surface area contributed by atoms with Gasteiger partial charge >= 0.3 is 6.01 Å². The predicted molar refractivity (Wildman–Crippen MR) is 64.0 cm³/mol. The van der Waals surface area contributed by atoms with Gasteiger partial charge in [0.1, 0.15) is 6.61 Å². The van der Waals surface area contributed by atoms with Crippen molar-refractivity contribution < 1.29 is 4.74 Å². The number of hydrogen-bond donors (Lipinski definition) is 1. The summed E-state index contributed by atoms with van der Waals surface area (Å²) in [5.41, 5.74) is 0. The largest absolute Gasteiger partial charge is 0.459 e. The van der Waals surface area contributed by atoms with E-state index in [1.54, 1.807) is 11.0 Å². The Morgan fingerprint density at radius 3 is 2.69 bits per heavy atom. The Hall–Kier alpha value is -1.85. The van der Waals surface area contributed by atoms with Crippen molar-refractivity contribution in [1.82, 2.24) is 15.0 Å². The first-order valence-corrected chi connectivity index (χ1v) is 5.08. The lowest BCUT2D eigenvalue weighted by Crippen LogP contribution is -2.16. The van der Waals surface area contributed by atoms with Gasteiger partial charge in [0.15, 0.2) is 0 Å². The van der Waals surface area contributed by atoms with E-state index >= 15 is 0 Å². The smallest absolute Gasteiger partial charge is 0.323 e. The summed E-state index contributed by atoms with van der Waals surface area (Å²) in [5.74, 6) is 1.07. The SMILES string of the molecule is C=CCOc1nc(NCC)nc(N(C)C)n1. The molecule has 1 aromatic heterocycles. The zero-order valence-corrected chi connectivity index (χ0v) is 9.90. The highest BCUT2D eigenvalue weighted by molar-refractivity contribution is 5.36. The number of anilines is 2. The second kappa shape index (κ2) is 5.89. The van der Waals surface area contributed by atoms with Crippen LogP contribution in [0.5, 0.6) is 6.01 Å². The zero-order chi connectivity index (χ0) is 12.0. The average Bonchev–Trinajstić information content (AvgIpc) is 2.26. The van der Waals surface area contributed by atoms with E-state index in [0.29, 0.717) is 24.5 Å². The molecule has 16 heavy (non-hydrogen) atoms. The maximum absolute atomic E-state index is 5.29. The maximum Gasteiger partial charge on any atom is 0.323 e. The van der Waals surface area contributed by atoms with Crippen LogP contribution in [0.15, 0.2) is 12.7 Å². The predicted octanol–water partition coefficient (Wildman–Crippen LogP) is 0.934. The Kier molecular flexibility index (Phi) is 4.50. The van der Waals surface area contributed by atoms with Gasteiger partial charge in [-0.1, -0.05) is 12.7 Å². The summed E-state index contributed by atoms with van der Waals surface area (Å²) >= 11 is 0. The summed E-state index contributed by atoms with van der Waals surface area (Å²) in [7, 11) is 3.73. The monoisotopic (exact) mass is 223 g/mol. The third-order valence-corrected chi connectivity index (χ3v) is 1.67. The molecule has 0 atom stereocenters. The molecule has 1 rings (SSSR count). The molecular formula is C10H17N5O. The van der Waals surface area contributed by atoms with Crippen molar-refractivity contribution in [3.8, 4) is 6.01 Å². The van der Waals surface area contributed by atoms with Crippen molar-refractivity contribution >= 4 is 11.9 Å². The van der Waals surface area contributed by atoms with E-state index < -0.39 is 0 Å². The van der Waals surface area contributed by atoms with Crippen molar-refractivity contribution in [3.05, 3.63) is 12.7 Å². The molecule has 1 heterocycles. The fraction of sp³-hybridized carbons (Fsp3) is 0.500. The highest BCUT2D eigenvalue weighted by Crippen LogP contribution is 2.12. The third kappa shape index (κ3) is 3.38. The fourth-order valence-electron chi connectivity index (χ4n) is 0.981. The lowest BCUT2D eigenvalue weighted by Gasteiger charge is -2.12. The van der Waals surface area contributed by atoms with Crippen LogP contribution in [0.2, 0.25) is 0 Å². The van der Waals surface area contributed by atoms with Crippen LogP contribution >= 0.6 is 0 Å². The van der Waals surface area contributed by atoms with Crippen molar-refractivity contribution in [2.75, 3.05) is 37.5 Å². The molecule has 0 saturated carbocycles. The molecule has 6 nitrogen and oxygen atoms in total. The summed E-state index contributed by atoms with van der Waals surface area (Å²) in [6, 6.07) is 0.301. The van der Waals surface area contributed by atoms with Crippen molar-refractivity contribution in [3.63, 3.8) is 0 Å². The highest BCUT2D eigenvalue weighted by atomic mass is 16.5. The topological polar surface area (TPSA) is 63.2 Å². The lowest BCUT2D eigenvalue weighted by atomic mass is 10.7. The Morgan fingerprint density at radius 1 is 1.38 bits per heavy atom. The molecular weight excluding hydrogens is 206 g/mol. The third-order valence-electron chi connectivity index (χ3n) is 1.67. The van der Waals surface area contributed by atoms with Crippen LogP contribution in [0.4, 0.5) is 11.9 Å². The normalized spacial score (nSPS) is 9.69. The minimum absolute atomic E-state index is 0.301. The molecule has 0 aliphatic heterocycles. The quantitative estimate of drug-likeness (QED) is 0.724. The van der Waals surface area contributed by atoms with Gasteiger partial charge in [-0.15, -0.1) is 0 Å². The van der Waals surface area contributed by atoms with Crippen molar-refractivity contribution in [2.24, 2.45) is 0 Å². The van der Waals surface area contributed by atoms with Gasteiger partial charge in [-0.3, -0.25) is 0 Å². The van der Waals surface area contributed by atoms with Gasteiger partial charge in [-0.25, -0.2) is 0 Å². The van der Waals surface area contributed by atoms with Crippen LogP contribution in [0, 0.1) is 0 Å². The summed E-state index contributed by atoms with van der Waals surface area (Å²) in [6.45, 7) is 6.67. The first kappa shape index (κ1) is 12.2. The average molecular weight is 223 g/mol. The van der Waals surface area contributed by atoms with E-state index in [9.17, 15) is 0 Å². The lowest BCUT2D eigenvalue weighted by molar-refractivity contribution is 0.333. The Labute approximate surface area is 95.4 Å². The molecule has 6 heteroatoms. The number of hydrogen-bond acceptors (Lipinski definition) is 6. The molecule has 0 fully saturated rings. The van der Waals surface area contributed by atoms with Gasteiger partial charge in [0.25, 0.3) is 0 Å². The van der Waals surface area contributed by atoms with Crippen LogP contribution in [0.1, 0.15) is 6.92 Å². The first-order chi connectivity index (χ1) is 7.67. The Balaban J connectivity index is 2.93. The van der Waals surface area contributed by atoms with Gasteiger partial charge in [-0.2, -0.15) is 15.0 Å². The molecule has 0 amide bonds. The summed E-state index contributed by atoms with van der Waals surface area (Å²) < 4.78 is 5.29. The van der Waals surface area contributed by atoms with Gasteiger partial charge in [0, 0.05) is 20.6 Å². The van der Waals surface area contributed by atoms with E-state index in [0.717, 1.165) is 6.54 Å². The van der Waals surface area contributed by atoms with Crippen LogP contribution in [0.25, 0.3) is 0 Å². The van der Waals surface area contributed by atoms with Gasteiger partial charge < -0.3 is 15.0 Å². The summed E-state index contributed by atoms with van der Waals surface area (Å²) in [4.78, 5) is 14.3. The molecule has 0 unspecified atom stereocenters. The number of aromatic nitrogens is 3. The molecule has 0 aliphatic carbocycles. The molecule has 0 bridgehead atoms. The van der Waals surface area contributed by atoms with E-state index in [1.807, 2.05) is 21.0 Å². The number of nitrogens with one attached hydrogen (secondary N) is 1. The molecule has 1 N–H and O–H groups in total. The van der Waals surface area contributed by atoms with Crippen LogP contribution < -0.4 is 15.0 Å². The van der Waals surface area contributed by atoms with E-state index in [4.69, 9.17) is 4.74 Å². The molecule has 0 spiro atoms. The number of nitrogens with zero attached hydrogens (tertiary/aromatic N) is 4. The Bertz CT molecular complexity index is 353. The molecule has 0 radical (unpaired) electrons. The Morgan fingerprint density at radius 2 is 2.12 bits per heavy atom.